The summed E-state index contributed by atoms with van der Waals surface area (Å²) >= 11 is 2.07. The molecule has 0 aliphatic carbocycles. The third-order valence-electron chi connectivity index (χ3n) is 3.06. The van der Waals surface area contributed by atoms with Crippen LogP contribution in [0.25, 0.3) is 0 Å². The highest BCUT2D eigenvalue weighted by Gasteiger charge is 2.44. The maximum atomic E-state index is 10.6. The second-order valence-corrected chi connectivity index (χ2v) is 7.78. The quantitative estimate of drug-likeness (QED) is 0.0743. The Balaban J connectivity index is 2.69. The maximum Gasteiger partial charge on any atom is 0.466 e. The van der Waals surface area contributed by atoms with Gasteiger partial charge in [0, 0.05) is 6.42 Å². The van der Waals surface area contributed by atoms with Crippen LogP contribution in [0.1, 0.15) is 12.8 Å². The lowest BCUT2D eigenvalue weighted by atomic mass is 10.00. The first-order valence-corrected chi connectivity index (χ1v) is 10.6. The molecule has 0 aromatic carbocycles. The molecule has 5 N–H and O–H groups in total. The van der Waals surface area contributed by atoms with E-state index in [-0.39, 0.29) is 11.5 Å². The van der Waals surface area contributed by atoms with Gasteiger partial charge in [0.15, 0.2) is 6.29 Å². The van der Waals surface area contributed by atoms with Crippen LogP contribution in [0, 0.1) is 0 Å². The van der Waals surface area contributed by atoms with Crippen molar-refractivity contribution in [2.45, 2.75) is 43.5 Å². The summed E-state index contributed by atoms with van der Waals surface area (Å²) in [7, 11) is -4.78. The largest absolute Gasteiger partial charge is 0.466 e. The number of nitrogens with zero attached hydrogens (tertiary/aromatic N) is 1. The first kappa shape index (κ1) is 22.9. The molecule has 1 aliphatic heterocycles. The fourth-order valence-corrected chi connectivity index (χ4v) is 3.13. The van der Waals surface area contributed by atoms with Gasteiger partial charge in [-0.25, -0.2) is 4.28 Å². The van der Waals surface area contributed by atoms with Crippen molar-refractivity contribution in [1.29, 1.82) is 0 Å². The molecule has 0 radical (unpaired) electrons. The number of aliphatic hydroxyl groups is 4. The number of rotatable bonds is 9. The second-order valence-electron chi connectivity index (χ2n) is 4.96. The molecule has 0 saturated carbocycles. The summed E-state index contributed by atoms with van der Waals surface area (Å²) < 4.78 is 44.0. The molecule has 1 fully saturated rings. The molecule has 11 nitrogen and oxygen atoms in total. The van der Waals surface area contributed by atoms with Gasteiger partial charge in [-0.05, 0) is 18.4 Å². The minimum atomic E-state index is -4.78. The van der Waals surface area contributed by atoms with Crippen LogP contribution in [-0.2, 0) is 23.6 Å². The van der Waals surface area contributed by atoms with Crippen molar-refractivity contribution in [1.82, 2.24) is 0 Å². The predicted molar refractivity (Wildman–Crippen MR) is 90.1 cm³/mol. The lowest BCUT2D eigenvalue weighted by molar-refractivity contribution is -0.274. The van der Waals surface area contributed by atoms with E-state index in [9.17, 15) is 23.7 Å². The highest BCUT2D eigenvalue weighted by atomic mass is 32.3. The Bertz CT molecular complexity index is 528. The molecule has 1 saturated heterocycles. The number of aliphatic hydroxyl groups excluding tert-OH is 4. The molecule has 0 spiro atoms. The van der Waals surface area contributed by atoms with Crippen LogP contribution in [0.15, 0.2) is 5.16 Å². The minimum Gasteiger partial charge on any atom is -0.394 e. The van der Waals surface area contributed by atoms with E-state index in [1.807, 2.05) is 6.26 Å². The van der Waals surface area contributed by atoms with Crippen LogP contribution in [0.2, 0.25) is 0 Å². The van der Waals surface area contributed by atoms with Gasteiger partial charge in [0.25, 0.3) is 0 Å². The Hall–Kier alpha value is -0.160. The molecule has 5 atom stereocenters. The maximum absolute atomic E-state index is 10.6. The Morgan fingerprint density at radius 2 is 1.92 bits per heavy atom. The number of thioether (sulfide) groups is 1. The molecule has 1 aliphatic rings. The van der Waals surface area contributed by atoms with Crippen molar-refractivity contribution in [3.8, 4) is 0 Å². The second kappa shape index (κ2) is 10.9. The monoisotopic (exact) mass is 423 g/mol. The van der Waals surface area contributed by atoms with Gasteiger partial charge in [-0.15, -0.1) is 0 Å². The number of hydrogen-bond donors (Lipinski definition) is 5. The smallest absolute Gasteiger partial charge is 0.394 e. The van der Waals surface area contributed by atoms with Gasteiger partial charge in [-0.3, -0.25) is 8.74 Å². The summed E-state index contributed by atoms with van der Waals surface area (Å²) in [5.41, 5.74) is 0. The molecule has 0 bridgehead atoms. The fraction of sp³-hybridized carbons (Fsp3) is 0.909. The number of hydrogen-bond acceptors (Lipinski definition) is 12. The van der Waals surface area contributed by atoms with Crippen molar-refractivity contribution in [2.24, 2.45) is 5.16 Å². The molecule has 0 amide bonds. The fourth-order valence-electron chi connectivity index (χ4n) is 1.81. The number of oxime groups is 1. The zero-order valence-electron chi connectivity index (χ0n) is 13.2. The third kappa shape index (κ3) is 7.94. The van der Waals surface area contributed by atoms with Crippen LogP contribution >= 0.6 is 23.8 Å². The molecule has 0 unspecified atom stereocenters. The van der Waals surface area contributed by atoms with Gasteiger partial charge >= 0.3 is 10.4 Å². The summed E-state index contributed by atoms with van der Waals surface area (Å²) in [6, 6.07) is 0. The standard InChI is InChI=1S/C11H21NO10S3/c1-23-4-2-3-7(12-22-25(17,18)19)24-21-11-10(16)9(15)8(14)6(5-13)20-11/h6,8-11,13-16H,2-5H2,1H3,(H,17,18,19)/b12-7-/t6-,8-,9+,10-,11+/m1/s1. The van der Waals surface area contributed by atoms with Crippen LogP contribution in [0.5, 0.6) is 0 Å². The number of ether oxygens (including phenoxy) is 1. The van der Waals surface area contributed by atoms with Crippen molar-refractivity contribution in [3.63, 3.8) is 0 Å². The summed E-state index contributed by atoms with van der Waals surface area (Å²) in [5, 5.41) is 41.6. The Morgan fingerprint density at radius 1 is 1.24 bits per heavy atom. The van der Waals surface area contributed by atoms with E-state index in [1.54, 1.807) is 11.8 Å². The topological polar surface area (TPSA) is 175 Å². The first-order valence-electron chi connectivity index (χ1n) is 7.05. The first-order chi connectivity index (χ1) is 11.7. The summed E-state index contributed by atoms with van der Waals surface area (Å²) in [4.78, 5) is 0. The molecule has 25 heavy (non-hydrogen) atoms. The summed E-state index contributed by atoms with van der Waals surface area (Å²) in [5.74, 6) is 0.742. The summed E-state index contributed by atoms with van der Waals surface area (Å²) in [6.45, 7) is -0.615. The van der Waals surface area contributed by atoms with E-state index in [2.05, 4.69) is 9.44 Å². The van der Waals surface area contributed by atoms with Crippen LogP contribution in [0.3, 0.4) is 0 Å². The minimum absolute atomic E-state index is 0.0311. The van der Waals surface area contributed by atoms with E-state index in [0.29, 0.717) is 18.5 Å². The van der Waals surface area contributed by atoms with E-state index in [0.717, 1.165) is 5.75 Å². The van der Waals surface area contributed by atoms with Gasteiger partial charge in [-0.2, -0.15) is 20.2 Å². The Labute approximate surface area is 153 Å². The molecule has 0 aromatic heterocycles. The van der Waals surface area contributed by atoms with Crippen LogP contribution < -0.4 is 0 Å². The Morgan fingerprint density at radius 3 is 2.48 bits per heavy atom. The third-order valence-corrected chi connectivity index (χ3v) is 4.78. The zero-order chi connectivity index (χ0) is 19.0. The average Bonchev–Trinajstić information content (AvgIpc) is 2.55. The molecule has 14 heteroatoms. The molecule has 1 rings (SSSR count). The average molecular weight is 423 g/mol. The van der Waals surface area contributed by atoms with Crippen molar-refractivity contribution >= 4 is 39.2 Å². The zero-order valence-corrected chi connectivity index (χ0v) is 15.6. The van der Waals surface area contributed by atoms with Crippen molar-refractivity contribution in [2.75, 3.05) is 18.6 Å². The SMILES string of the molecule is CSCCC/C(=N/OS(=O)(=O)O)SO[C@@H]1O[C@H](CO)[C@@H](O)[C@H](O)[C@H]1O. The molecule has 0 aromatic rings. The van der Waals surface area contributed by atoms with Gasteiger partial charge in [0.1, 0.15) is 29.5 Å². The van der Waals surface area contributed by atoms with Crippen molar-refractivity contribution < 1.29 is 46.6 Å². The lowest BCUT2D eigenvalue weighted by Crippen LogP contribution is -2.58. The molecular formula is C11H21NO10S3. The predicted octanol–water partition coefficient (Wildman–Crippen LogP) is -1.27. The van der Waals surface area contributed by atoms with E-state index < -0.39 is 47.7 Å². The van der Waals surface area contributed by atoms with Crippen LogP contribution in [-0.4, -0.2) is 87.8 Å². The highest BCUT2D eigenvalue weighted by Crippen LogP contribution is 2.26. The van der Waals surface area contributed by atoms with Gasteiger partial charge in [0.05, 0.1) is 18.6 Å². The Kier molecular flexibility index (Phi) is 9.94. The lowest BCUT2D eigenvalue weighted by Gasteiger charge is -2.39. The van der Waals surface area contributed by atoms with Gasteiger partial charge < -0.3 is 25.2 Å². The van der Waals surface area contributed by atoms with E-state index in [1.165, 1.54) is 0 Å². The van der Waals surface area contributed by atoms with E-state index >= 15 is 0 Å². The van der Waals surface area contributed by atoms with E-state index in [4.69, 9.17) is 18.6 Å². The van der Waals surface area contributed by atoms with Crippen molar-refractivity contribution in [3.05, 3.63) is 0 Å². The van der Waals surface area contributed by atoms with Gasteiger partial charge in [0.2, 0.25) is 0 Å². The molecular weight excluding hydrogens is 402 g/mol. The highest BCUT2D eigenvalue weighted by molar-refractivity contribution is 8.09. The molecule has 1 heterocycles. The molecule has 148 valence electrons. The van der Waals surface area contributed by atoms with Gasteiger partial charge in [-0.1, -0.05) is 5.16 Å². The normalized spacial score (nSPS) is 31.1. The van der Waals surface area contributed by atoms with Crippen LogP contribution in [0.4, 0.5) is 0 Å². The summed E-state index contributed by atoms with van der Waals surface area (Å²) in [6.07, 6.45) is -4.58.